The Kier molecular flexibility index (Phi) is 4.38. The molecule has 0 heterocycles. The topological polar surface area (TPSA) is 110 Å². The molecule has 0 aliphatic carbocycles. The molecule has 6 nitrogen and oxygen atoms in total. The van der Waals surface area contributed by atoms with Crippen LogP contribution in [0.2, 0.25) is 0 Å². The predicted molar refractivity (Wildman–Crippen MR) is 64.5 cm³/mol. The minimum atomic E-state index is -0.997. The third-order valence-corrected chi connectivity index (χ3v) is 2.62. The van der Waals surface area contributed by atoms with Crippen LogP contribution in [-0.4, -0.2) is 32.4 Å². The first kappa shape index (κ1) is 14.1. The number of carbonyl (C=O) groups is 1. The molecule has 6 heteroatoms. The maximum Gasteiger partial charge on any atom is 0.320 e. The van der Waals surface area contributed by atoms with Gasteiger partial charge in [-0.2, -0.15) is 0 Å². The molecular formula is C12H17NO5. The highest BCUT2D eigenvalue weighted by Gasteiger charge is 2.21. The molecule has 1 aromatic carbocycles. The van der Waals surface area contributed by atoms with E-state index in [1.54, 1.807) is 13.8 Å². The first-order valence-electron chi connectivity index (χ1n) is 5.53. The van der Waals surface area contributed by atoms with E-state index in [9.17, 15) is 15.0 Å². The lowest BCUT2D eigenvalue weighted by atomic mass is 10.0. The Bertz CT molecular complexity index is 421. The number of carboxylic acid groups (broad SMARTS) is 1. The number of aromatic hydroxyl groups is 3. The molecule has 1 atom stereocenters. The average Bonchev–Trinajstić information content (AvgIpc) is 2.20. The van der Waals surface area contributed by atoms with Crippen LogP contribution in [0, 0.1) is 5.92 Å². The number of phenols is 3. The second-order valence-corrected chi connectivity index (χ2v) is 4.40. The molecule has 0 fully saturated rings. The lowest BCUT2D eigenvalue weighted by Crippen LogP contribution is -2.40. The molecule has 0 amide bonds. The van der Waals surface area contributed by atoms with Gasteiger partial charge in [0.2, 0.25) is 0 Å². The zero-order chi connectivity index (χ0) is 13.9. The Labute approximate surface area is 105 Å². The van der Waals surface area contributed by atoms with Crippen LogP contribution in [0.3, 0.4) is 0 Å². The van der Waals surface area contributed by atoms with Gasteiger partial charge in [-0.25, -0.2) is 0 Å². The van der Waals surface area contributed by atoms with E-state index in [4.69, 9.17) is 10.2 Å². The van der Waals surface area contributed by atoms with Crippen molar-refractivity contribution in [3.05, 3.63) is 17.7 Å². The van der Waals surface area contributed by atoms with Gasteiger partial charge in [-0.15, -0.1) is 0 Å². The van der Waals surface area contributed by atoms with Crippen LogP contribution in [0.4, 0.5) is 0 Å². The summed E-state index contributed by atoms with van der Waals surface area (Å²) in [4.78, 5) is 11.0. The zero-order valence-electron chi connectivity index (χ0n) is 10.2. The number of hydrogen-bond acceptors (Lipinski definition) is 5. The molecule has 0 bridgehead atoms. The first-order valence-corrected chi connectivity index (χ1v) is 5.53. The Balaban J connectivity index is 2.83. The highest BCUT2D eigenvalue weighted by atomic mass is 16.4. The Morgan fingerprint density at radius 2 is 1.72 bits per heavy atom. The molecule has 1 rings (SSSR count). The molecule has 1 aromatic rings. The second-order valence-electron chi connectivity index (χ2n) is 4.40. The summed E-state index contributed by atoms with van der Waals surface area (Å²) in [6.07, 6.45) is 0. The number of aliphatic carboxylic acids is 1. The molecule has 0 aromatic heterocycles. The fourth-order valence-electron chi connectivity index (χ4n) is 1.63. The molecule has 0 saturated carbocycles. The Hall–Kier alpha value is -1.95. The quantitative estimate of drug-likeness (QED) is 0.537. The Morgan fingerprint density at radius 3 is 2.11 bits per heavy atom. The molecule has 0 aliphatic rings. The van der Waals surface area contributed by atoms with Gasteiger partial charge < -0.3 is 20.4 Å². The highest BCUT2D eigenvalue weighted by molar-refractivity contribution is 5.73. The third kappa shape index (κ3) is 3.27. The maximum atomic E-state index is 11.0. The minimum absolute atomic E-state index is 0.00685. The smallest absolute Gasteiger partial charge is 0.320 e. The molecule has 0 saturated heterocycles. The minimum Gasteiger partial charge on any atom is -0.508 e. The highest BCUT2D eigenvalue weighted by Crippen LogP contribution is 2.31. The van der Waals surface area contributed by atoms with Crippen molar-refractivity contribution < 1.29 is 25.2 Å². The summed E-state index contributed by atoms with van der Waals surface area (Å²) >= 11 is 0. The molecule has 18 heavy (non-hydrogen) atoms. The van der Waals surface area contributed by atoms with Gasteiger partial charge in [-0.3, -0.25) is 10.1 Å². The summed E-state index contributed by atoms with van der Waals surface area (Å²) < 4.78 is 0. The van der Waals surface area contributed by atoms with Crippen molar-refractivity contribution in [2.75, 3.05) is 0 Å². The average molecular weight is 255 g/mol. The standard InChI is InChI=1S/C12H17NO5/c1-6(2)11(12(17)18)13-5-8-9(15)3-7(14)4-10(8)16/h3-4,6,11,13-16H,5H2,1-2H3,(H,17,18)/t11-/m0/s1. The maximum absolute atomic E-state index is 11.0. The molecule has 0 spiro atoms. The lowest BCUT2D eigenvalue weighted by Gasteiger charge is -2.18. The van der Waals surface area contributed by atoms with Crippen LogP contribution >= 0.6 is 0 Å². The number of hydrogen-bond donors (Lipinski definition) is 5. The van der Waals surface area contributed by atoms with Crippen LogP contribution < -0.4 is 5.32 Å². The number of rotatable bonds is 5. The fourth-order valence-corrected chi connectivity index (χ4v) is 1.63. The van der Waals surface area contributed by atoms with Gasteiger partial charge in [0.25, 0.3) is 0 Å². The number of benzene rings is 1. The summed E-state index contributed by atoms with van der Waals surface area (Å²) in [6.45, 7) is 3.50. The third-order valence-electron chi connectivity index (χ3n) is 2.62. The van der Waals surface area contributed by atoms with Crippen molar-refractivity contribution in [3.8, 4) is 17.2 Å². The largest absolute Gasteiger partial charge is 0.508 e. The summed E-state index contributed by atoms with van der Waals surface area (Å²) in [7, 11) is 0. The van der Waals surface area contributed by atoms with Gasteiger partial charge >= 0.3 is 5.97 Å². The second kappa shape index (κ2) is 5.59. The molecule has 0 radical (unpaired) electrons. The zero-order valence-corrected chi connectivity index (χ0v) is 10.2. The molecule has 0 aliphatic heterocycles. The molecule has 5 N–H and O–H groups in total. The van der Waals surface area contributed by atoms with E-state index < -0.39 is 12.0 Å². The normalized spacial score (nSPS) is 12.6. The summed E-state index contributed by atoms with van der Waals surface area (Å²) in [5.41, 5.74) is 0.153. The van der Waals surface area contributed by atoms with Gasteiger partial charge in [0, 0.05) is 24.2 Å². The molecule has 100 valence electrons. The van der Waals surface area contributed by atoms with Crippen molar-refractivity contribution in [1.29, 1.82) is 0 Å². The van der Waals surface area contributed by atoms with Gasteiger partial charge in [0.05, 0.1) is 0 Å². The SMILES string of the molecule is CC(C)[C@H](NCc1c(O)cc(O)cc1O)C(=O)O. The number of phenolic OH excluding ortho intramolecular Hbond substituents is 3. The van der Waals surface area contributed by atoms with Crippen LogP contribution in [-0.2, 0) is 11.3 Å². The van der Waals surface area contributed by atoms with Crippen LogP contribution in [0.15, 0.2) is 12.1 Å². The van der Waals surface area contributed by atoms with E-state index in [1.165, 1.54) is 0 Å². The van der Waals surface area contributed by atoms with E-state index in [0.29, 0.717) is 0 Å². The monoisotopic (exact) mass is 255 g/mol. The fraction of sp³-hybridized carbons (Fsp3) is 0.417. The van der Waals surface area contributed by atoms with Crippen molar-refractivity contribution in [3.63, 3.8) is 0 Å². The van der Waals surface area contributed by atoms with Crippen molar-refractivity contribution in [2.24, 2.45) is 5.92 Å². The summed E-state index contributed by atoms with van der Waals surface area (Å²) in [5.74, 6) is -1.96. The van der Waals surface area contributed by atoms with Crippen LogP contribution in [0.1, 0.15) is 19.4 Å². The van der Waals surface area contributed by atoms with E-state index >= 15 is 0 Å². The van der Waals surface area contributed by atoms with E-state index in [1.807, 2.05) is 0 Å². The van der Waals surface area contributed by atoms with E-state index in [0.717, 1.165) is 12.1 Å². The Morgan fingerprint density at radius 1 is 1.22 bits per heavy atom. The van der Waals surface area contributed by atoms with Gasteiger partial charge in [-0.1, -0.05) is 13.8 Å². The van der Waals surface area contributed by atoms with Gasteiger partial charge in [-0.05, 0) is 5.92 Å². The summed E-state index contributed by atoms with van der Waals surface area (Å²) in [5, 5.41) is 40.0. The predicted octanol–water partition coefficient (Wildman–Crippen LogP) is 1.00. The number of nitrogens with one attached hydrogen (secondary N) is 1. The van der Waals surface area contributed by atoms with Crippen LogP contribution in [0.25, 0.3) is 0 Å². The van der Waals surface area contributed by atoms with Gasteiger partial charge in [0.1, 0.15) is 23.3 Å². The van der Waals surface area contributed by atoms with Crippen LogP contribution in [0.5, 0.6) is 17.2 Å². The lowest BCUT2D eigenvalue weighted by molar-refractivity contribution is -0.140. The van der Waals surface area contributed by atoms with Crippen molar-refractivity contribution in [2.45, 2.75) is 26.4 Å². The van der Waals surface area contributed by atoms with Gasteiger partial charge in [0.15, 0.2) is 0 Å². The number of carboxylic acids is 1. The first-order chi connectivity index (χ1) is 8.32. The van der Waals surface area contributed by atoms with E-state index in [2.05, 4.69) is 5.32 Å². The van der Waals surface area contributed by atoms with Crippen molar-refractivity contribution >= 4 is 5.97 Å². The van der Waals surface area contributed by atoms with Crippen molar-refractivity contribution in [1.82, 2.24) is 5.32 Å². The summed E-state index contributed by atoms with van der Waals surface area (Å²) in [6, 6.07) is 1.39. The molecular weight excluding hydrogens is 238 g/mol. The molecule has 0 unspecified atom stereocenters. The van der Waals surface area contributed by atoms with E-state index in [-0.39, 0.29) is 35.3 Å².